The van der Waals surface area contributed by atoms with Gasteiger partial charge < -0.3 is 14.6 Å². The molecule has 142 valence electrons. The van der Waals surface area contributed by atoms with Crippen LogP contribution in [0.3, 0.4) is 0 Å². The molecule has 0 aliphatic carbocycles. The number of ether oxygens (including phenoxy) is 2. The lowest BCUT2D eigenvalue weighted by Gasteiger charge is -2.24. The van der Waals surface area contributed by atoms with Gasteiger partial charge in [0.05, 0.1) is 12.7 Å². The Hall–Kier alpha value is -3.08. The number of aliphatic carboxylic acids is 1. The summed E-state index contributed by atoms with van der Waals surface area (Å²) in [5.41, 5.74) is 1.59. The second kappa shape index (κ2) is 8.08. The molecule has 0 aliphatic heterocycles. The standard InChI is InChI=1S/C22H24O5/c1-14-12-16(13-15(2)20(14)27-22(3,4)21(24)25)10-11-18(23)17-8-6-7-9-19(17)26-5/h6-13H,1-5H3,(H,24,25). The highest BCUT2D eigenvalue weighted by molar-refractivity contribution is 6.08. The predicted molar refractivity (Wildman–Crippen MR) is 105 cm³/mol. The molecule has 0 saturated heterocycles. The van der Waals surface area contributed by atoms with Crippen LogP contribution in [0.4, 0.5) is 0 Å². The molecule has 5 heteroatoms. The molecular weight excluding hydrogens is 344 g/mol. The van der Waals surface area contributed by atoms with Crippen molar-refractivity contribution >= 4 is 17.8 Å². The molecule has 0 fully saturated rings. The van der Waals surface area contributed by atoms with E-state index in [9.17, 15) is 14.7 Å². The molecule has 0 atom stereocenters. The molecule has 1 N–H and O–H groups in total. The summed E-state index contributed by atoms with van der Waals surface area (Å²) in [6, 6.07) is 10.8. The zero-order valence-corrected chi connectivity index (χ0v) is 16.2. The number of methoxy groups -OCH3 is 1. The molecule has 0 saturated carbocycles. The fourth-order valence-electron chi connectivity index (χ4n) is 2.65. The van der Waals surface area contributed by atoms with E-state index in [1.807, 2.05) is 32.0 Å². The highest BCUT2D eigenvalue weighted by Crippen LogP contribution is 2.29. The lowest BCUT2D eigenvalue weighted by molar-refractivity contribution is -0.152. The number of aryl methyl sites for hydroxylation is 2. The molecule has 27 heavy (non-hydrogen) atoms. The number of carboxylic acids is 1. The molecule has 0 amide bonds. The largest absolute Gasteiger partial charge is 0.496 e. The van der Waals surface area contributed by atoms with Crippen molar-refractivity contribution in [3.8, 4) is 11.5 Å². The molecule has 0 aliphatic rings. The molecule has 0 heterocycles. The summed E-state index contributed by atoms with van der Waals surface area (Å²) in [7, 11) is 1.53. The molecular formula is C22H24O5. The summed E-state index contributed by atoms with van der Waals surface area (Å²) in [6.45, 7) is 6.71. The summed E-state index contributed by atoms with van der Waals surface area (Å²) in [5.74, 6) is -0.127. The lowest BCUT2D eigenvalue weighted by Crippen LogP contribution is -2.38. The normalized spacial score (nSPS) is 11.4. The number of para-hydroxylation sites is 1. The van der Waals surface area contributed by atoms with Gasteiger partial charge in [-0.3, -0.25) is 4.79 Å². The zero-order chi connectivity index (χ0) is 20.2. The maximum atomic E-state index is 12.4. The number of hydrogen-bond acceptors (Lipinski definition) is 4. The Balaban J connectivity index is 2.27. The van der Waals surface area contributed by atoms with Crippen molar-refractivity contribution in [3.05, 3.63) is 64.7 Å². The molecule has 0 radical (unpaired) electrons. The Bertz CT molecular complexity index is 870. The highest BCUT2D eigenvalue weighted by atomic mass is 16.5. The molecule has 0 bridgehead atoms. The predicted octanol–water partition coefficient (Wildman–Crippen LogP) is 4.45. The first-order valence-electron chi connectivity index (χ1n) is 8.55. The van der Waals surface area contributed by atoms with Crippen molar-refractivity contribution in [2.45, 2.75) is 33.3 Å². The van der Waals surface area contributed by atoms with Crippen LogP contribution in [0.1, 0.15) is 40.9 Å². The number of benzene rings is 2. The molecule has 2 rings (SSSR count). The number of carbonyl (C=O) groups excluding carboxylic acids is 1. The van der Waals surface area contributed by atoms with Gasteiger partial charge in [-0.05, 0) is 74.7 Å². The van der Waals surface area contributed by atoms with Crippen LogP contribution in [0.25, 0.3) is 6.08 Å². The summed E-state index contributed by atoms with van der Waals surface area (Å²) in [6.07, 6.45) is 3.22. The van der Waals surface area contributed by atoms with Gasteiger partial charge in [-0.2, -0.15) is 0 Å². The Morgan fingerprint density at radius 1 is 1.07 bits per heavy atom. The molecule has 0 aromatic heterocycles. The quantitative estimate of drug-likeness (QED) is 0.577. The molecule has 0 unspecified atom stereocenters. The fourth-order valence-corrected chi connectivity index (χ4v) is 2.65. The second-order valence-electron chi connectivity index (χ2n) is 6.80. The zero-order valence-electron chi connectivity index (χ0n) is 16.2. The maximum Gasteiger partial charge on any atom is 0.347 e. The number of carboxylic acid groups (broad SMARTS) is 1. The number of carbonyl (C=O) groups is 2. The van der Waals surface area contributed by atoms with Crippen molar-refractivity contribution in [3.63, 3.8) is 0 Å². The van der Waals surface area contributed by atoms with Crippen molar-refractivity contribution in [1.29, 1.82) is 0 Å². The molecule has 5 nitrogen and oxygen atoms in total. The van der Waals surface area contributed by atoms with Gasteiger partial charge in [0.25, 0.3) is 0 Å². The Morgan fingerprint density at radius 3 is 2.22 bits per heavy atom. The van der Waals surface area contributed by atoms with Gasteiger partial charge in [-0.15, -0.1) is 0 Å². The third kappa shape index (κ3) is 4.76. The van der Waals surface area contributed by atoms with Crippen molar-refractivity contribution < 1.29 is 24.2 Å². The first kappa shape index (κ1) is 20.2. The number of ketones is 1. The van der Waals surface area contributed by atoms with E-state index in [0.29, 0.717) is 17.1 Å². The van der Waals surface area contributed by atoms with Crippen LogP contribution in [-0.4, -0.2) is 29.6 Å². The van der Waals surface area contributed by atoms with Crippen LogP contribution in [0.15, 0.2) is 42.5 Å². The summed E-state index contributed by atoms with van der Waals surface area (Å²) >= 11 is 0. The van der Waals surface area contributed by atoms with Crippen molar-refractivity contribution in [1.82, 2.24) is 0 Å². The lowest BCUT2D eigenvalue weighted by atomic mass is 10.0. The number of allylic oxidation sites excluding steroid dienone is 1. The Kier molecular flexibility index (Phi) is 6.05. The van der Waals surface area contributed by atoms with Crippen LogP contribution in [-0.2, 0) is 4.79 Å². The van der Waals surface area contributed by atoms with Gasteiger partial charge in [0.2, 0.25) is 0 Å². The minimum absolute atomic E-state index is 0.157. The Morgan fingerprint density at radius 2 is 1.67 bits per heavy atom. The number of hydrogen-bond donors (Lipinski definition) is 1. The highest BCUT2D eigenvalue weighted by Gasteiger charge is 2.30. The monoisotopic (exact) mass is 368 g/mol. The van der Waals surface area contributed by atoms with Crippen LogP contribution in [0, 0.1) is 13.8 Å². The second-order valence-corrected chi connectivity index (χ2v) is 6.80. The van der Waals surface area contributed by atoms with Gasteiger partial charge in [-0.25, -0.2) is 4.79 Å². The Labute approximate surface area is 159 Å². The van der Waals surface area contributed by atoms with E-state index < -0.39 is 11.6 Å². The van der Waals surface area contributed by atoms with E-state index >= 15 is 0 Å². The van der Waals surface area contributed by atoms with Crippen LogP contribution in [0.2, 0.25) is 0 Å². The molecule has 0 spiro atoms. The first-order valence-corrected chi connectivity index (χ1v) is 8.55. The van der Waals surface area contributed by atoms with E-state index in [4.69, 9.17) is 9.47 Å². The molecule has 2 aromatic rings. The van der Waals surface area contributed by atoms with Gasteiger partial charge in [0.1, 0.15) is 11.5 Å². The van der Waals surface area contributed by atoms with E-state index in [1.165, 1.54) is 27.0 Å². The van der Waals surface area contributed by atoms with Crippen molar-refractivity contribution in [2.24, 2.45) is 0 Å². The minimum atomic E-state index is -1.33. The first-order chi connectivity index (χ1) is 12.7. The van der Waals surface area contributed by atoms with Crippen LogP contribution >= 0.6 is 0 Å². The minimum Gasteiger partial charge on any atom is -0.496 e. The third-order valence-electron chi connectivity index (χ3n) is 4.15. The smallest absolute Gasteiger partial charge is 0.347 e. The van der Waals surface area contributed by atoms with Gasteiger partial charge >= 0.3 is 5.97 Å². The molecule has 2 aromatic carbocycles. The SMILES string of the molecule is COc1ccccc1C(=O)C=Cc1cc(C)c(OC(C)(C)C(=O)O)c(C)c1. The summed E-state index contributed by atoms with van der Waals surface area (Å²) < 4.78 is 10.9. The van der Waals surface area contributed by atoms with Crippen LogP contribution < -0.4 is 9.47 Å². The third-order valence-corrected chi connectivity index (χ3v) is 4.15. The van der Waals surface area contributed by atoms with E-state index in [-0.39, 0.29) is 5.78 Å². The fraction of sp³-hybridized carbons (Fsp3) is 0.273. The van der Waals surface area contributed by atoms with E-state index in [1.54, 1.807) is 24.3 Å². The average Bonchev–Trinajstić information content (AvgIpc) is 2.62. The maximum absolute atomic E-state index is 12.4. The average molecular weight is 368 g/mol. The van der Waals surface area contributed by atoms with Crippen LogP contribution in [0.5, 0.6) is 11.5 Å². The van der Waals surface area contributed by atoms with Crippen molar-refractivity contribution in [2.75, 3.05) is 7.11 Å². The van der Waals surface area contributed by atoms with E-state index in [0.717, 1.165) is 16.7 Å². The van der Waals surface area contributed by atoms with Gasteiger partial charge in [0.15, 0.2) is 11.4 Å². The van der Waals surface area contributed by atoms with E-state index in [2.05, 4.69) is 0 Å². The van der Waals surface area contributed by atoms with Gasteiger partial charge in [-0.1, -0.05) is 18.2 Å². The number of rotatable bonds is 7. The topological polar surface area (TPSA) is 72.8 Å². The van der Waals surface area contributed by atoms with Gasteiger partial charge in [0, 0.05) is 0 Å². The summed E-state index contributed by atoms with van der Waals surface area (Å²) in [4.78, 5) is 23.7. The summed E-state index contributed by atoms with van der Waals surface area (Å²) in [5, 5.41) is 9.25.